The van der Waals surface area contributed by atoms with Gasteiger partial charge in [0, 0.05) is 43.6 Å². The highest BCUT2D eigenvalue weighted by atomic mass is 19.3. The number of aromatic nitrogens is 1. The van der Waals surface area contributed by atoms with Gasteiger partial charge in [-0.25, -0.2) is 32.3 Å². The molecule has 0 spiro atoms. The quantitative estimate of drug-likeness (QED) is 0.713. The number of rotatable bonds is 3. The number of alkyl halides is 2. The molecule has 2 amide bonds. The topological polar surface area (TPSA) is 72.6 Å². The van der Waals surface area contributed by atoms with Gasteiger partial charge in [-0.3, -0.25) is 0 Å². The molecule has 0 bridgehead atoms. The summed E-state index contributed by atoms with van der Waals surface area (Å²) in [6, 6.07) is 5.54. The number of amides is 2. The normalized spacial score (nSPS) is 19.0. The Balaban J connectivity index is 1.45. The molecule has 3 heterocycles. The van der Waals surface area contributed by atoms with Gasteiger partial charge in [0.1, 0.15) is 23.4 Å². The largest absolute Gasteiger partial charge is 0.341 e. The van der Waals surface area contributed by atoms with Crippen molar-refractivity contribution in [3.63, 3.8) is 0 Å². The highest BCUT2D eigenvalue weighted by molar-refractivity contribution is 5.79. The van der Waals surface area contributed by atoms with Crippen molar-refractivity contribution in [2.45, 2.75) is 18.4 Å². The van der Waals surface area contributed by atoms with Crippen LogP contribution in [0, 0.1) is 28.9 Å². The number of hydrogen-bond acceptors (Lipinski definition) is 4. The minimum atomic E-state index is -3.25. The molecule has 1 aromatic carbocycles. The van der Waals surface area contributed by atoms with Crippen LogP contribution in [0.3, 0.4) is 0 Å². The first-order chi connectivity index (χ1) is 14.3. The molecule has 1 atom stereocenters. The van der Waals surface area contributed by atoms with E-state index in [0.29, 0.717) is 0 Å². The summed E-state index contributed by atoms with van der Waals surface area (Å²) in [4.78, 5) is 17.6. The number of nitrogens with zero attached hydrogens (tertiary/aromatic N) is 5. The lowest BCUT2D eigenvalue weighted by atomic mass is 9.88. The molecule has 1 fully saturated rings. The van der Waals surface area contributed by atoms with Crippen LogP contribution in [0.1, 0.15) is 29.3 Å². The van der Waals surface area contributed by atoms with Gasteiger partial charge in [0.2, 0.25) is 0 Å². The van der Waals surface area contributed by atoms with Crippen molar-refractivity contribution in [2.75, 3.05) is 13.1 Å². The molecule has 4 rings (SSSR count). The first-order valence-corrected chi connectivity index (χ1v) is 9.10. The summed E-state index contributed by atoms with van der Waals surface area (Å²) < 4.78 is 56.6. The molecule has 0 radical (unpaired) electrons. The van der Waals surface area contributed by atoms with Crippen molar-refractivity contribution in [1.29, 1.82) is 5.26 Å². The highest BCUT2D eigenvalue weighted by Gasteiger charge is 2.50. The van der Waals surface area contributed by atoms with Gasteiger partial charge in [0.25, 0.3) is 5.92 Å². The Morgan fingerprint density at radius 1 is 1.17 bits per heavy atom. The fourth-order valence-electron chi connectivity index (χ4n) is 3.59. The van der Waals surface area contributed by atoms with Gasteiger partial charge in [0.05, 0.1) is 12.0 Å². The van der Waals surface area contributed by atoms with Crippen molar-refractivity contribution in [1.82, 2.24) is 14.9 Å². The van der Waals surface area contributed by atoms with E-state index in [1.54, 1.807) is 6.07 Å². The Hall–Kier alpha value is -3.48. The van der Waals surface area contributed by atoms with Crippen LogP contribution in [-0.4, -0.2) is 40.2 Å². The fraction of sp³-hybridized carbons (Fsp3) is 0.300. The summed E-state index contributed by atoms with van der Waals surface area (Å²) in [5.74, 6) is -5.93. The Morgan fingerprint density at radius 3 is 2.53 bits per heavy atom. The molecular weight excluding hydrogens is 402 g/mol. The minimum absolute atomic E-state index is 0.115. The number of carbonyl (C=O) groups excluding carboxylic acids is 1. The van der Waals surface area contributed by atoms with Crippen LogP contribution in [0.5, 0.6) is 0 Å². The standard InChI is InChI=1S/C20H15F4N5O/c21-15-5-12(6-16(22)8-15)18-2-4-27-29(18)19(30)28-10-14(11-28)20(23,24)13-1-3-26-17(7-13)9-25/h1,3-8,14,18H,2,10-11H2. The number of pyridine rings is 1. The molecule has 2 aliphatic heterocycles. The predicted octanol–water partition coefficient (Wildman–Crippen LogP) is 3.81. The first kappa shape index (κ1) is 19.8. The lowest BCUT2D eigenvalue weighted by molar-refractivity contribution is -0.115. The Morgan fingerprint density at radius 2 is 1.87 bits per heavy atom. The minimum Gasteiger partial charge on any atom is -0.322 e. The molecule has 2 aliphatic rings. The second kappa shape index (κ2) is 7.40. The van der Waals surface area contributed by atoms with Gasteiger partial charge in [-0.05, 0) is 29.8 Å². The lowest BCUT2D eigenvalue weighted by Gasteiger charge is -2.44. The molecule has 2 aromatic rings. The van der Waals surface area contributed by atoms with Crippen LogP contribution >= 0.6 is 0 Å². The monoisotopic (exact) mass is 417 g/mol. The van der Waals surface area contributed by atoms with Gasteiger partial charge >= 0.3 is 6.03 Å². The fourth-order valence-corrected chi connectivity index (χ4v) is 3.59. The van der Waals surface area contributed by atoms with Crippen LogP contribution in [-0.2, 0) is 5.92 Å². The van der Waals surface area contributed by atoms with E-state index in [1.165, 1.54) is 11.1 Å². The number of halogens is 4. The molecule has 0 aliphatic carbocycles. The SMILES string of the molecule is N#Cc1cc(C(F)(F)C2CN(C(=O)N3N=CCC3c3cc(F)cc(F)c3)C2)ccn1. The Kier molecular flexibility index (Phi) is 4.89. The second-order valence-electron chi connectivity index (χ2n) is 7.15. The molecular formula is C20H15F4N5O. The maximum atomic E-state index is 14.8. The third-order valence-electron chi connectivity index (χ3n) is 5.22. The van der Waals surface area contributed by atoms with E-state index in [1.807, 2.05) is 0 Å². The molecule has 154 valence electrons. The average Bonchev–Trinajstić information content (AvgIpc) is 3.16. The smallest absolute Gasteiger partial charge is 0.322 e. The van der Waals surface area contributed by atoms with Crippen LogP contribution in [0.25, 0.3) is 0 Å². The van der Waals surface area contributed by atoms with E-state index in [0.717, 1.165) is 41.5 Å². The van der Waals surface area contributed by atoms with Gasteiger partial charge in [0.15, 0.2) is 0 Å². The van der Waals surface area contributed by atoms with E-state index in [-0.39, 0.29) is 36.3 Å². The van der Waals surface area contributed by atoms with Crippen LogP contribution in [0.4, 0.5) is 22.4 Å². The van der Waals surface area contributed by atoms with Gasteiger partial charge < -0.3 is 4.90 Å². The summed E-state index contributed by atoms with van der Waals surface area (Å²) in [6.07, 6.45) is 2.85. The Labute approximate surface area is 169 Å². The molecule has 1 aromatic heterocycles. The number of hydrazone groups is 1. The predicted molar refractivity (Wildman–Crippen MR) is 97.4 cm³/mol. The number of urea groups is 1. The summed E-state index contributed by atoms with van der Waals surface area (Å²) in [7, 11) is 0. The van der Waals surface area contributed by atoms with Crippen LogP contribution in [0.2, 0.25) is 0 Å². The third-order valence-corrected chi connectivity index (χ3v) is 5.22. The molecule has 6 nitrogen and oxygen atoms in total. The zero-order valence-electron chi connectivity index (χ0n) is 15.5. The highest BCUT2D eigenvalue weighted by Crippen LogP contribution is 2.42. The van der Waals surface area contributed by atoms with Gasteiger partial charge in [-0.2, -0.15) is 10.4 Å². The number of likely N-dealkylation sites (tertiary alicyclic amines) is 1. The van der Waals surface area contributed by atoms with E-state index in [2.05, 4.69) is 10.1 Å². The molecule has 10 heteroatoms. The van der Waals surface area contributed by atoms with E-state index < -0.39 is 35.5 Å². The second-order valence-corrected chi connectivity index (χ2v) is 7.15. The number of nitriles is 1. The van der Waals surface area contributed by atoms with Gasteiger partial charge in [-0.1, -0.05) is 0 Å². The lowest BCUT2D eigenvalue weighted by Crippen LogP contribution is -2.58. The molecule has 30 heavy (non-hydrogen) atoms. The summed E-state index contributed by atoms with van der Waals surface area (Å²) in [5, 5.41) is 13.9. The maximum Gasteiger partial charge on any atom is 0.341 e. The van der Waals surface area contributed by atoms with Crippen LogP contribution < -0.4 is 0 Å². The van der Waals surface area contributed by atoms with Crippen molar-refractivity contribution in [3.05, 3.63) is 65.0 Å². The van der Waals surface area contributed by atoms with Crippen molar-refractivity contribution >= 4 is 12.2 Å². The zero-order valence-corrected chi connectivity index (χ0v) is 15.5. The molecule has 1 unspecified atom stereocenters. The molecule has 1 saturated heterocycles. The summed E-state index contributed by atoms with van der Waals surface area (Å²) >= 11 is 0. The number of carbonyl (C=O) groups is 1. The van der Waals surface area contributed by atoms with Crippen molar-refractivity contribution < 1.29 is 22.4 Å². The van der Waals surface area contributed by atoms with Crippen LogP contribution in [0.15, 0.2) is 41.6 Å². The third kappa shape index (κ3) is 3.47. The number of hydrogen-bond donors (Lipinski definition) is 0. The summed E-state index contributed by atoms with van der Waals surface area (Å²) in [6.45, 7) is -0.432. The average molecular weight is 417 g/mol. The molecule has 0 saturated carbocycles. The van der Waals surface area contributed by atoms with Gasteiger partial charge in [-0.15, -0.1) is 0 Å². The Bertz CT molecular complexity index is 1040. The van der Waals surface area contributed by atoms with E-state index in [4.69, 9.17) is 5.26 Å². The first-order valence-electron chi connectivity index (χ1n) is 9.10. The van der Waals surface area contributed by atoms with Crippen molar-refractivity contribution in [3.8, 4) is 6.07 Å². The van der Waals surface area contributed by atoms with E-state index >= 15 is 0 Å². The summed E-state index contributed by atoms with van der Waals surface area (Å²) in [5.41, 5.74) is -0.212. The van der Waals surface area contributed by atoms with E-state index in [9.17, 15) is 22.4 Å². The zero-order chi connectivity index (χ0) is 21.5. The number of benzene rings is 1. The maximum absolute atomic E-state index is 14.8. The van der Waals surface area contributed by atoms with Crippen molar-refractivity contribution in [2.24, 2.45) is 11.0 Å². The molecule has 0 N–H and O–H groups in total.